The maximum absolute atomic E-state index is 10.1. The Hall–Kier alpha value is -1.59. The number of anilines is 1. The first-order valence-corrected chi connectivity index (χ1v) is 9.01. The van der Waals surface area contributed by atoms with Crippen LogP contribution in [0.3, 0.4) is 0 Å². The third-order valence-electron chi connectivity index (χ3n) is 5.02. The van der Waals surface area contributed by atoms with Gasteiger partial charge in [0.2, 0.25) is 5.95 Å². The fourth-order valence-electron chi connectivity index (χ4n) is 3.78. The molecular formula is C19H30N4O. The monoisotopic (exact) mass is 330 g/mol. The minimum absolute atomic E-state index is 0.441. The largest absolute Gasteiger partial charge is 0.389 e. The van der Waals surface area contributed by atoms with E-state index in [1.807, 2.05) is 4.57 Å². The van der Waals surface area contributed by atoms with Gasteiger partial charge in [0.1, 0.15) is 0 Å². The fourth-order valence-corrected chi connectivity index (χ4v) is 3.78. The van der Waals surface area contributed by atoms with E-state index in [-0.39, 0.29) is 0 Å². The molecule has 1 aromatic carbocycles. The maximum atomic E-state index is 10.1. The van der Waals surface area contributed by atoms with Crippen molar-refractivity contribution in [3.63, 3.8) is 0 Å². The summed E-state index contributed by atoms with van der Waals surface area (Å²) in [6, 6.07) is 7.07. The highest BCUT2D eigenvalue weighted by atomic mass is 16.3. The number of rotatable bonds is 5. The van der Waals surface area contributed by atoms with E-state index in [0.29, 0.717) is 18.5 Å². The molecule has 5 nitrogen and oxygen atoms in total. The van der Waals surface area contributed by atoms with E-state index in [2.05, 4.69) is 35.1 Å². The van der Waals surface area contributed by atoms with Crippen molar-refractivity contribution < 1.29 is 5.11 Å². The molecule has 5 heteroatoms. The van der Waals surface area contributed by atoms with Crippen molar-refractivity contribution in [3.8, 4) is 0 Å². The second-order valence-electron chi connectivity index (χ2n) is 7.90. The zero-order chi connectivity index (χ0) is 17.3. The minimum Gasteiger partial charge on any atom is -0.389 e. The smallest absolute Gasteiger partial charge is 0.201 e. The van der Waals surface area contributed by atoms with Crippen LogP contribution in [0.25, 0.3) is 11.0 Å². The number of aliphatic hydroxyl groups is 1. The maximum Gasteiger partial charge on any atom is 0.201 e. The van der Waals surface area contributed by atoms with E-state index in [9.17, 15) is 5.11 Å². The Balaban J connectivity index is 1.79. The molecule has 24 heavy (non-hydrogen) atoms. The summed E-state index contributed by atoms with van der Waals surface area (Å²) in [4.78, 5) is 6.96. The molecule has 0 saturated heterocycles. The molecule has 0 radical (unpaired) electrons. The molecule has 0 atom stereocenters. The van der Waals surface area contributed by atoms with E-state index < -0.39 is 5.60 Å². The number of imidazole rings is 1. The molecule has 0 spiro atoms. The van der Waals surface area contributed by atoms with Gasteiger partial charge in [-0.15, -0.1) is 0 Å². The number of hydrogen-bond acceptors (Lipinski definition) is 4. The van der Waals surface area contributed by atoms with Gasteiger partial charge in [-0.3, -0.25) is 4.90 Å². The number of benzene rings is 1. The van der Waals surface area contributed by atoms with Gasteiger partial charge in [-0.1, -0.05) is 25.3 Å². The minimum atomic E-state index is -0.818. The van der Waals surface area contributed by atoms with Crippen LogP contribution in [0, 0.1) is 0 Å². The molecule has 1 saturated carbocycles. The van der Waals surface area contributed by atoms with Crippen molar-refractivity contribution in [2.75, 3.05) is 12.8 Å². The Morgan fingerprint density at radius 2 is 2.00 bits per heavy atom. The number of nitrogens with zero attached hydrogens (tertiary/aromatic N) is 3. The first kappa shape index (κ1) is 17.2. The second-order valence-corrected chi connectivity index (χ2v) is 7.90. The lowest BCUT2D eigenvalue weighted by Gasteiger charge is -2.31. The molecular weight excluding hydrogens is 300 g/mol. The Labute approximate surface area is 144 Å². The fraction of sp³-hybridized carbons (Fsp3) is 0.632. The van der Waals surface area contributed by atoms with Gasteiger partial charge in [-0.25, -0.2) is 4.98 Å². The van der Waals surface area contributed by atoms with Gasteiger partial charge in [0.15, 0.2) is 0 Å². The van der Waals surface area contributed by atoms with Crippen molar-refractivity contribution in [2.24, 2.45) is 0 Å². The molecule has 1 aromatic heterocycles. The van der Waals surface area contributed by atoms with Crippen molar-refractivity contribution in [2.45, 2.75) is 70.7 Å². The van der Waals surface area contributed by atoms with Gasteiger partial charge in [-0.05, 0) is 51.4 Å². The average Bonchev–Trinajstić information content (AvgIpc) is 2.82. The summed E-state index contributed by atoms with van der Waals surface area (Å²) in [5.74, 6) is 0.463. The number of nitrogens with two attached hydrogens (primary N) is 1. The highest BCUT2D eigenvalue weighted by Gasteiger charge is 2.20. The van der Waals surface area contributed by atoms with Crippen LogP contribution in [0.5, 0.6) is 0 Å². The van der Waals surface area contributed by atoms with Crippen LogP contribution in [0.1, 0.15) is 51.5 Å². The standard InChI is InChI=1S/C19H30N4O/c1-19(2,24)13-23-17-10-9-14(11-16(17)21-18(23)20)12-22(3)15-7-5-4-6-8-15/h9-11,15,24H,4-8,12-13H2,1-3H3,(H2,20,21). The van der Waals surface area contributed by atoms with E-state index in [1.165, 1.54) is 37.7 Å². The Bertz CT molecular complexity index is 695. The summed E-state index contributed by atoms with van der Waals surface area (Å²) in [6.07, 6.45) is 6.71. The van der Waals surface area contributed by atoms with Gasteiger partial charge in [0.05, 0.1) is 23.2 Å². The Morgan fingerprint density at radius 1 is 1.29 bits per heavy atom. The SMILES string of the molecule is CN(Cc1ccc2c(c1)nc(N)n2CC(C)(C)O)C1CCCCC1. The van der Waals surface area contributed by atoms with Crippen LogP contribution < -0.4 is 5.73 Å². The summed E-state index contributed by atoms with van der Waals surface area (Å²) < 4.78 is 1.89. The number of hydrogen-bond donors (Lipinski definition) is 2. The lowest BCUT2D eigenvalue weighted by Crippen LogP contribution is -2.32. The zero-order valence-corrected chi connectivity index (χ0v) is 15.1. The van der Waals surface area contributed by atoms with E-state index >= 15 is 0 Å². The molecule has 1 aliphatic carbocycles. The van der Waals surface area contributed by atoms with Gasteiger partial charge in [-0.2, -0.15) is 0 Å². The van der Waals surface area contributed by atoms with Gasteiger partial charge in [0.25, 0.3) is 0 Å². The molecule has 132 valence electrons. The highest BCUT2D eigenvalue weighted by Crippen LogP contribution is 2.25. The van der Waals surface area contributed by atoms with Crippen LogP contribution in [0.15, 0.2) is 18.2 Å². The summed E-state index contributed by atoms with van der Waals surface area (Å²) in [6.45, 7) is 4.95. The molecule has 3 rings (SSSR count). The molecule has 0 aliphatic heterocycles. The molecule has 1 aliphatic rings. The van der Waals surface area contributed by atoms with Crippen LogP contribution >= 0.6 is 0 Å². The molecule has 0 unspecified atom stereocenters. The lowest BCUT2D eigenvalue weighted by atomic mass is 9.94. The van der Waals surface area contributed by atoms with Crippen molar-refractivity contribution >= 4 is 17.0 Å². The predicted molar refractivity (Wildman–Crippen MR) is 98.8 cm³/mol. The van der Waals surface area contributed by atoms with Crippen molar-refractivity contribution in [1.82, 2.24) is 14.5 Å². The molecule has 0 amide bonds. The van der Waals surface area contributed by atoms with E-state index in [1.54, 1.807) is 13.8 Å². The van der Waals surface area contributed by atoms with Crippen molar-refractivity contribution in [3.05, 3.63) is 23.8 Å². The van der Waals surface area contributed by atoms with E-state index in [4.69, 9.17) is 5.73 Å². The average molecular weight is 330 g/mol. The van der Waals surface area contributed by atoms with Crippen LogP contribution in [0.4, 0.5) is 5.95 Å². The quantitative estimate of drug-likeness (QED) is 0.884. The number of fused-ring (bicyclic) bond motifs is 1. The third kappa shape index (κ3) is 3.90. The molecule has 3 N–H and O–H groups in total. The van der Waals surface area contributed by atoms with E-state index in [0.717, 1.165) is 17.6 Å². The van der Waals surface area contributed by atoms with Gasteiger partial charge in [0, 0.05) is 12.6 Å². The highest BCUT2D eigenvalue weighted by molar-refractivity contribution is 5.79. The molecule has 1 heterocycles. The second kappa shape index (κ2) is 6.73. The van der Waals surface area contributed by atoms with Crippen LogP contribution in [-0.2, 0) is 13.1 Å². The number of nitrogen functional groups attached to an aromatic ring is 1. The van der Waals surface area contributed by atoms with Gasteiger partial charge >= 0.3 is 0 Å². The summed E-state index contributed by atoms with van der Waals surface area (Å²) in [5, 5.41) is 10.1. The first-order valence-electron chi connectivity index (χ1n) is 9.01. The molecule has 1 fully saturated rings. The lowest BCUT2D eigenvalue weighted by molar-refractivity contribution is 0.0633. The van der Waals surface area contributed by atoms with Crippen LogP contribution in [0.2, 0.25) is 0 Å². The molecule has 0 bridgehead atoms. The predicted octanol–water partition coefficient (Wildman–Crippen LogP) is 3.15. The Kier molecular flexibility index (Phi) is 4.83. The summed E-state index contributed by atoms with van der Waals surface area (Å²) in [7, 11) is 2.22. The normalized spacial score (nSPS) is 17.0. The van der Waals surface area contributed by atoms with Crippen LogP contribution in [-0.4, -0.2) is 38.2 Å². The summed E-state index contributed by atoms with van der Waals surface area (Å²) in [5.41, 5.74) is 8.40. The zero-order valence-electron chi connectivity index (χ0n) is 15.1. The number of aromatic nitrogens is 2. The molecule has 2 aromatic rings. The van der Waals surface area contributed by atoms with Crippen molar-refractivity contribution in [1.29, 1.82) is 0 Å². The Morgan fingerprint density at radius 3 is 2.67 bits per heavy atom. The van der Waals surface area contributed by atoms with Gasteiger partial charge < -0.3 is 15.4 Å². The first-order chi connectivity index (χ1) is 11.3. The summed E-state index contributed by atoms with van der Waals surface area (Å²) >= 11 is 0. The topological polar surface area (TPSA) is 67.3 Å². The third-order valence-corrected chi connectivity index (χ3v) is 5.02.